The predicted octanol–water partition coefficient (Wildman–Crippen LogP) is 2.81. The highest BCUT2D eigenvalue weighted by Crippen LogP contribution is 2.35. The predicted molar refractivity (Wildman–Crippen MR) is 94.9 cm³/mol. The number of sulfonamides is 1. The van der Waals surface area contributed by atoms with Gasteiger partial charge in [0, 0.05) is 4.47 Å². The van der Waals surface area contributed by atoms with Crippen LogP contribution in [0.1, 0.15) is 23.6 Å². The van der Waals surface area contributed by atoms with Gasteiger partial charge in [0.05, 0.1) is 12.6 Å². The van der Waals surface area contributed by atoms with E-state index < -0.39 is 39.0 Å². The topological polar surface area (TPSA) is 75.3 Å². The number of amides is 1. The molecule has 0 aromatic heterocycles. The molecule has 1 amide bonds. The van der Waals surface area contributed by atoms with Crippen molar-refractivity contribution in [3.8, 4) is 0 Å². The zero-order valence-corrected chi connectivity index (χ0v) is 15.8. The first-order valence-corrected chi connectivity index (χ1v) is 10.1. The molecular formula is C17H15BrF2N2O3S. The van der Waals surface area contributed by atoms with E-state index in [2.05, 4.69) is 21.2 Å². The van der Waals surface area contributed by atoms with Crippen LogP contribution in [0, 0.1) is 11.6 Å². The third kappa shape index (κ3) is 3.79. The second-order valence-corrected chi connectivity index (χ2v) is 8.40. The van der Waals surface area contributed by atoms with Crippen LogP contribution in [0.2, 0.25) is 0 Å². The Morgan fingerprint density at radius 3 is 2.50 bits per heavy atom. The highest BCUT2D eigenvalue weighted by atomic mass is 79.9. The molecule has 0 heterocycles. The molecule has 5 nitrogen and oxygen atoms in total. The molecule has 0 fully saturated rings. The van der Waals surface area contributed by atoms with Gasteiger partial charge in [-0.1, -0.05) is 34.1 Å². The molecule has 0 spiro atoms. The van der Waals surface area contributed by atoms with Crippen molar-refractivity contribution in [2.75, 3.05) is 6.54 Å². The Kier molecular flexibility index (Phi) is 5.40. The maximum absolute atomic E-state index is 13.6. The maximum Gasteiger partial charge on any atom is 0.246 e. The van der Waals surface area contributed by atoms with E-state index in [1.54, 1.807) is 0 Å². The molecule has 0 unspecified atom stereocenters. The van der Waals surface area contributed by atoms with Gasteiger partial charge in [-0.2, -0.15) is 0 Å². The third-order valence-electron chi connectivity index (χ3n) is 4.16. The van der Waals surface area contributed by atoms with E-state index in [-0.39, 0.29) is 6.04 Å². The average Bonchev–Trinajstić information content (AvgIpc) is 2.97. The van der Waals surface area contributed by atoms with Gasteiger partial charge in [-0.05, 0) is 42.2 Å². The van der Waals surface area contributed by atoms with Gasteiger partial charge >= 0.3 is 0 Å². The lowest BCUT2D eigenvalue weighted by Crippen LogP contribution is -2.38. The van der Waals surface area contributed by atoms with Crippen molar-refractivity contribution >= 4 is 31.9 Å². The molecule has 0 saturated carbocycles. The van der Waals surface area contributed by atoms with Crippen LogP contribution < -0.4 is 10.0 Å². The molecule has 9 heteroatoms. The molecular weight excluding hydrogens is 430 g/mol. The Hall–Kier alpha value is -1.84. The second-order valence-electron chi connectivity index (χ2n) is 5.84. The van der Waals surface area contributed by atoms with E-state index in [4.69, 9.17) is 0 Å². The molecule has 1 atom stereocenters. The summed E-state index contributed by atoms with van der Waals surface area (Å²) in [6.45, 7) is -0.615. The fraction of sp³-hybridized carbons (Fsp3) is 0.235. The molecule has 2 N–H and O–H groups in total. The number of rotatable bonds is 5. The molecule has 3 rings (SSSR count). The van der Waals surface area contributed by atoms with Crippen molar-refractivity contribution in [3.63, 3.8) is 0 Å². The van der Waals surface area contributed by atoms with E-state index in [0.29, 0.717) is 6.42 Å². The van der Waals surface area contributed by atoms with Gasteiger partial charge in [-0.3, -0.25) is 4.79 Å². The van der Waals surface area contributed by atoms with Crippen LogP contribution in [0.4, 0.5) is 8.78 Å². The molecule has 26 heavy (non-hydrogen) atoms. The summed E-state index contributed by atoms with van der Waals surface area (Å²) in [4.78, 5) is 11.0. The Labute approximate surface area is 158 Å². The first kappa shape index (κ1) is 18.9. The largest absolute Gasteiger partial charge is 0.348 e. The summed E-state index contributed by atoms with van der Waals surface area (Å²) in [6, 6.07) is 8.18. The Bertz CT molecular complexity index is 946. The first-order valence-electron chi connectivity index (χ1n) is 7.80. The van der Waals surface area contributed by atoms with Crippen LogP contribution >= 0.6 is 15.9 Å². The Morgan fingerprint density at radius 2 is 1.81 bits per heavy atom. The van der Waals surface area contributed by atoms with Crippen molar-refractivity contribution in [1.82, 2.24) is 10.0 Å². The summed E-state index contributed by atoms with van der Waals surface area (Å²) in [5.74, 6) is -3.01. The molecule has 2 aromatic carbocycles. The smallest absolute Gasteiger partial charge is 0.246 e. The van der Waals surface area contributed by atoms with Crippen LogP contribution in [0.3, 0.4) is 0 Å². The van der Waals surface area contributed by atoms with Crippen LogP contribution in [-0.2, 0) is 21.2 Å². The number of hydrogen-bond acceptors (Lipinski definition) is 3. The average molecular weight is 445 g/mol. The number of halogens is 3. The summed E-state index contributed by atoms with van der Waals surface area (Å²) in [7, 11) is -4.49. The fourth-order valence-electron chi connectivity index (χ4n) is 2.98. The Balaban J connectivity index is 1.66. The number of nitrogens with one attached hydrogen (secondary N) is 2. The summed E-state index contributed by atoms with van der Waals surface area (Å²) >= 11 is 3.46. The van der Waals surface area contributed by atoms with Crippen molar-refractivity contribution in [1.29, 1.82) is 0 Å². The minimum Gasteiger partial charge on any atom is -0.348 e. The number of carbonyl (C=O) groups excluding carboxylic acids is 1. The lowest BCUT2D eigenvalue weighted by molar-refractivity contribution is -0.120. The van der Waals surface area contributed by atoms with Crippen LogP contribution in [0.25, 0.3) is 0 Å². The molecule has 0 aliphatic heterocycles. The van der Waals surface area contributed by atoms with Crippen molar-refractivity contribution in [2.24, 2.45) is 0 Å². The van der Waals surface area contributed by atoms with Gasteiger partial charge in [-0.25, -0.2) is 21.9 Å². The molecule has 138 valence electrons. The molecule has 1 aliphatic rings. The van der Waals surface area contributed by atoms with Gasteiger partial charge in [0.25, 0.3) is 0 Å². The normalized spacial score (nSPS) is 16.3. The minimum atomic E-state index is -4.49. The van der Waals surface area contributed by atoms with Gasteiger partial charge in [0.1, 0.15) is 11.6 Å². The Morgan fingerprint density at radius 1 is 1.15 bits per heavy atom. The van der Waals surface area contributed by atoms with E-state index in [1.807, 2.05) is 22.9 Å². The molecule has 0 saturated heterocycles. The van der Waals surface area contributed by atoms with E-state index in [1.165, 1.54) is 0 Å². The highest BCUT2D eigenvalue weighted by molar-refractivity contribution is 9.10. The maximum atomic E-state index is 13.6. The summed E-state index contributed by atoms with van der Waals surface area (Å²) in [5.41, 5.74) is 2.07. The van der Waals surface area contributed by atoms with Crippen molar-refractivity contribution in [3.05, 3.63) is 63.6 Å². The molecule has 0 radical (unpaired) electrons. The molecule has 2 aromatic rings. The summed E-state index contributed by atoms with van der Waals surface area (Å²) < 4.78 is 54.3. The summed E-state index contributed by atoms with van der Waals surface area (Å²) in [6.07, 6.45) is 1.48. The van der Waals surface area contributed by atoms with Crippen LogP contribution in [0.5, 0.6) is 0 Å². The van der Waals surface area contributed by atoms with Gasteiger partial charge in [0.2, 0.25) is 15.9 Å². The lowest BCUT2D eigenvalue weighted by Gasteiger charge is -2.15. The molecule has 1 aliphatic carbocycles. The van der Waals surface area contributed by atoms with Gasteiger partial charge in [0.15, 0.2) is 4.90 Å². The van der Waals surface area contributed by atoms with Crippen molar-refractivity contribution < 1.29 is 22.0 Å². The number of benzene rings is 2. The van der Waals surface area contributed by atoms with E-state index in [0.717, 1.165) is 40.2 Å². The third-order valence-corrected chi connectivity index (χ3v) is 6.35. The zero-order valence-electron chi connectivity index (χ0n) is 13.4. The quantitative estimate of drug-likeness (QED) is 0.744. The first-order chi connectivity index (χ1) is 12.3. The number of carbonyl (C=O) groups is 1. The fourth-order valence-corrected chi connectivity index (χ4v) is 4.67. The van der Waals surface area contributed by atoms with E-state index >= 15 is 0 Å². The number of hydrogen-bond donors (Lipinski definition) is 2. The standard InChI is InChI=1S/C17H15BrF2N2O3S/c18-12-4-1-3-11-10(12)7-8-15(11)22-16(23)9-21-26(24,25)17-13(19)5-2-6-14(17)20/h1-6,15,21H,7-9H2,(H,22,23)/t15-/m1/s1. The number of fused-ring (bicyclic) bond motifs is 1. The highest BCUT2D eigenvalue weighted by Gasteiger charge is 2.27. The second kappa shape index (κ2) is 7.42. The van der Waals surface area contributed by atoms with Gasteiger partial charge < -0.3 is 5.32 Å². The zero-order chi connectivity index (χ0) is 18.9. The van der Waals surface area contributed by atoms with Gasteiger partial charge in [-0.15, -0.1) is 0 Å². The minimum absolute atomic E-state index is 0.232. The van der Waals surface area contributed by atoms with Crippen LogP contribution in [0.15, 0.2) is 45.8 Å². The van der Waals surface area contributed by atoms with Crippen LogP contribution in [-0.4, -0.2) is 20.9 Å². The monoisotopic (exact) mass is 444 g/mol. The van der Waals surface area contributed by atoms with E-state index in [9.17, 15) is 22.0 Å². The van der Waals surface area contributed by atoms with Crippen molar-refractivity contribution in [2.45, 2.75) is 23.8 Å². The lowest BCUT2D eigenvalue weighted by atomic mass is 10.1. The summed E-state index contributed by atoms with van der Waals surface area (Å²) in [5, 5.41) is 2.74. The SMILES string of the molecule is O=C(CNS(=O)(=O)c1c(F)cccc1F)N[C@@H]1CCc2c(Br)cccc21. The molecule has 0 bridgehead atoms.